The molecule has 0 atom stereocenters. The molecule has 1 aromatic heterocycles. The fraction of sp³-hybridized carbons (Fsp3) is 0.190. The quantitative estimate of drug-likeness (QED) is 0.557. The van der Waals surface area contributed by atoms with Crippen LogP contribution in [0.4, 0.5) is 10.5 Å². The maximum absolute atomic E-state index is 12.6. The van der Waals surface area contributed by atoms with Crippen LogP contribution in [0.1, 0.15) is 21.1 Å². The third kappa shape index (κ3) is 5.82. The summed E-state index contributed by atoms with van der Waals surface area (Å²) < 4.78 is 5.71. The Hall–Kier alpha value is -2.84. The summed E-state index contributed by atoms with van der Waals surface area (Å²) in [6.07, 6.45) is 0. The Kier molecular flexibility index (Phi) is 6.90. The number of rotatable bonds is 6. The first kappa shape index (κ1) is 20.9. The molecule has 0 unspecified atom stereocenters. The van der Waals surface area contributed by atoms with Crippen molar-refractivity contribution < 1.29 is 14.3 Å². The third-order valence-electron chi connectivity index (χ3n) is 3.87. The van der Waals surface area contributed by atoms with Gasteiger partial charge in [-0.2, -0.15) is 0 Å². The number of thiazole rings is 1. The molecule has 0 saturated carbocycles. The second kappa shape index (κ2) is 9.58. The van der Waals surface area contributed by atoms with E-state index in [4.69, 9.17) is 4.74 Å². The predicted octanol–water partition coefficient (Wildman–Crippen LogP) is 5.06. The summed E-state index contributed by atoms with van der Waals surface area (Å²) >= 11 is 2.65. The Labute approximate surface area is 177 Å². The monoisotopic (exact) mass is 427 g/mol. The number of aromatic nitrogens is 1. The number of aryl methyl sites for hydroxylation is 1. The van der Waals surface area contributed by atoms with Gasteiger partial charge < -0.3 is 15.0 Å². The minimum atomic E-state index is -0.253. The maximum atomic E-state index is 12.6. The second-order valence-corrected chi connectivity index (χ2v) is 8.44. The molecule has 1 heterocycles. The minimum absolute atomic E-state index is 0.108. The summed E-state index contributed by atoms with van der Waals surface area (Å²) in [7, 11) is 3.38. The normalized spacial score (nSPS) is 10.4. The largest absolute Gasteiger partial charge is 0.487 e. The van der Waals surface area contributed by atoms with E-state index in [0.717, 1.165) is 22.5 Å². The Morgan fingerprint density at radius 2 is 1.86 bits per heavy atom. The minimum Gasteiger partial charge on any atom is -0.487 e. The van der Waals surface area contributed by atoms with Crippen LogP contribution in [0.2, 0.25) is 0 Å². The highest BCUT2D eigenvalue weighted by atomic mass is 32.2. The molecule has 2 aromatic carbocycles. The lowest BCUT2D eigenvalue weighted by atomic mass is 10.2. The van der Waals surface area contributed by atoms with Crippen molar-refractivity contribution in [1.29, 1.82) is 0 Å². The molecule has 8 heteroatoms. The molecule has 2 amide bonds. The number of nitrogens with zero attached hydrogens (tertiary/aromatic N) is 2. The van der Waals surface area contributed by atoms with Crippen molar-refractivity contribution in [2.45, 2.75) is 18.4 Å². The van der Waals surface area contributed by atoms with E-state index in [2.05, 4.69) is 10.3 Å². The molecule has 150 valence electrons. The van der Waals surface area contributed by atoms with E-state index in [1.807, 2.05) is 24.4 Å². The van der Waals surface area contributed by atoms with Gasteiger partial charge in [0.25, 0.3) is 11.1 Å². The summed E-state index contributed by atoms with van der Waals surface area (Å²) in [6.45, 7) is 2.34. The van der Waals surface area contributed by atoms with Crippen LogP contribution >= 0.6 is 23.1 Å². The maximum Gasteiger partial charge on any atom is 0.286 e. The number of thioether (sulfide) groups is 1. The molecule has 0 radical (unpaired) electrons. The topological polar surface area (TPSA) is 71.5 Å². The van der Waals surface area contributed by atoms with E-state index >= 15 is 0 Å². The summed E-state index contributed by atoms with van der Waals surface area (Å²) in [5.41, 5.74) is 1.98. The smallest absolute Gasteiger partial charge is 0.286 e. The van der Waals surface area contributed by atoms with Gasteiger partial charge in [0.15, 0.2) is 0 Å². The summed E-state index contributed by atoms with van der Waals surface area (Å²) in [6, 6.07) is 14.1. The Bertz CT molecular complexity index is 1000. The van der Waals surface area contributed by atoms with Gasteiger partial charge in [0, 0.05) is 29.9 Å². The molecule has 3 rings (SSSR count). The molecule has 6 nitrogen and oxygen atoms in total. The van der Waals surface area contributed by atoms with Crippen LogP contribution in [-0.4, -0.2) is 35.1 Å². The van der Waals surface area contributed by atoms with Crippen LogP contribution < -0.4 is 10.1 Å². The van der Waals surface area contributed by atoms with Crippen LogP contribution in [0.5, 0.6) is 5.75 Å². The van der Waals surface area contributed by atoms with E-state index in [-0.39, 0.29) is 11.1 Å². The third-order valence-corrected chi connectivity index (χ3v) is 5.81. The highest BCUT2D eigenvalue weighted by molar-refractivity contribution is 8.13. The molecular formula is C21H21N3O3S2. The summed E-state index contributed by atoms with van der Waals surface area (Å²) in [5.74, 6) is 0.414. The van der Waals surface area contributed by atoms with Crippen LogP contribution in [0, 0.1) is 6.92 Å². The fourth-order valence-electron chi connectivity index (χ4n) is 2.37. The highest BCUT2D eigenvalue weighted by Gasteiger charge is 2.13. The second-order valence-electron chi connectivity index (χ2n) is 6.38. The zero-order valence-electron chi connectivity index (χ0n) is 16.3. The SMILES string of the molecule is Cc1nc(COc2ccc(C(=O)Nc3ccccc3SC(=O)N(C)C)cc2)cs1. The van der Waals surface area contributed by atoms with Crippen molar-refractivity contribution in [2.24, 2.45) is 0 Å². The standard InChI is InChI=1S/C21H21N3O3S2/c1-14-22-16(13-28-14)12-27-17-10-8-15(9-11-17)20(25)23-18-6-4-5-7-19(18)29-21(26)24(2)3/h4-11,13H,12H2,1-3H3,(H,23,25). The first-order valence-corrected chi connectivity index (χ1v) is 10.6. The number of ether oxygens (including phenoxy) is 1. The molecular weight excluding hydrogens is 406 g/mol. The molecule has 0 fully saturated rings. The number of hydrogen-bond donors (Lipinski definition) is 1. The number of amides is 2. The average Bonchev–Trinajstić information content (AvgIpc) is 3.13. The first-order valence-electron chi connectivity index (χ1n) is 8.86. The number of carbonyl (C=O) groups is 2. The average molecular weight is 428 g/mol. The highest BCUT2D eigenvalue weighted by Crippen LogP contribution is 2.29. The van der Waals surface area contributed by atoms with Crippen LogP contribution in [-0.2, 0) is 6.61 Å². The van der Waals surface area contributed by atoms with Crippen molar-refractivity contribution in [2.75, 3.05) is 19.4 Å². The molecule has 0 saturated heterocycles. The zero-order chi connectivity index (χ0) is 20.8. The van der Waals surface area contributed by atoms with Crippen molar-refractivity contribution in [3.05, 3.63) is 70.2 Å². The first-order chi connectivity index (χ1) is 13.9. The Balaban J connectivity index is 1.63. The predicted molar refractivity (Wildman–Crippen MR) is 117 cm³/mol. The van der Waals surface area contributed by atoms with Gasteiger partial charge in [-0.15, -0.1) is 11.3 Å². The number of carbonyl (C=O) groups excluding carboxylic acids is 2. The van der Waals surface area contributed by atoms with Crippen molar-refractivity contribution in [3.8, 4) is 5.75 Å². The zero-order valence-corrected chi connectivity index (χ0v) is 18.0. The van der Waals surface area contributed by atoms with Crippen molar-refractivity contribution in [1.82, 2.24) is 9.88 Å². The molecule has 0 spiro atoms. The van der Waals surface area contributed by atoms with Crippen LogP contribution in [0.15, 0.2) is 58.8 Å². The number of para-hydroxylation sites is 1. The summed E-state index contributed by atoms with van der Waals surface area (Å²) in [4.78, 5) is 31.1. The lowest BCUT2D eigenvalue weighted by molar-refractivity contribution is 0.102. The lowest BCUT2D eigenvalue weighted by Crippen LogP contribution is -2.17. The fourth-order valence-corrected chi connectivity index (χ4v) is 3.72. The van der Waals surface area contributed by atoms with Crippen LogP contribution in [0.3, 0.4) is 0 Å². The van der Waals surface area contributed by atoms with Gasteiger partial charge in [-0.25, -0.2) is 4.98 Å². The van der Waals surface area contributed by atoms with Gasteiger partial charge in [0.05, 0.1) is 16.4 Å². The van der Waals surface area contributed by atoms with Gasteiger partial charge in [-0.1, -0.05) is 12.1 Å². The van der Waals surface area contributed by atoms with E-state index < -0.39 is 0 Å². The number of benzene rings is 2. The Morgan fingerprint density at radius 1 is 1.14 bits per heavy atom. The van der Waals surface area contributed by atoms with Gasteiger partial charge in [0.1, 0.15) is 12.4 Å². The molecule has 0 aliphatic rings. The van der Waals surface area contributed by atoms with Gasteiger partial charge in [-0.3, -0.25) is 9.59 Å². The lowest BCUT2D eigenvalue weighted by Gasteiger charge is -2.13. The molecule has 29 heavy (non-hydrogen) atoms. The Morgan fingerprint density at radius 3 is 2.52 bits per heavy atom. The van der Waals surface area contributed by atoms with Gasteiger partial charge >= 0.3 is 0 Å². The van der Waals surface area contributed by atoms with Crippen LogP contribution in [0.25, 0.3) is 0 Å². The number of hydrogen-bond acceptors (Lipinski definition) is 6. The van der Waals surface area contributed by atoms with E-state index in [0.29, 0.717) is 28.5 Å². The van der Waals surface area contributed by atoms with Crippen molar-refractivity contribution >= 4 is 39.9 Å². The molecule has 0 aliphatic carbocycles. The molecule has 1 N–H and O–H groups in total. The molecule has 0 aliphatic heterocycles. The summed E-state index contributed by atoms with van der Waals surface area (Å²) in [5, 5.41) is 5.73. The van der Waals surface area contributed by atoms with E-state index in [1.54, 1.807) is 61.8 Å². The van der Waals surface area contributed by atoms with Crippen molar-refractivity contribution in [3.63, 3.8) is 0 Å². The molecule has 0 bridgehead atoms. The number of nitrogens with one attached hydrogen (secondary N) is 1. The van der Waals surface area contributed by atoms with Gasteiger partial charge in [0.2, 0.25) is 0 Å². The molecule has 3 aromatic rings. The van der Waals surface area contributed by atoms with Gasteiger partial charge in [-0.05, 0) is 55.1 Å². The van der Waals surface area contributed by atoms with E-state index in [9.17, 15) is 9.59 Å². The number of anilines is 1. The van der Waals surface area contributed by atoms with E-state index in [1.165, 1.54) is 4.90 Å².